The monoisotopic (exact) mass is 490 g/mol. The van der Waals surface area contributed by atoms with Crippen LogP contribution in [-0.4, -0.2) is 18.4 Å². The molecule has 6 nitrogen and oxygen atoms in total. The Balaban J connectivity index is 1.54. The van der Waals surface area contributed by atoms with Crippen LogP contribution in [0.1, 0.15) is 29.8 Å². The van der Waals surface area contributed by atoms with Gasteiger partial charge in [0.25, 0.3) is 5.91 Å². The third-order valence-electron chi connectivity index (χ3n) is 6.26. The van der Waals surface area contributed by atoms with E-state index in [1.807, 2.05) is 38.1 Å². The van der Waals surface area contributed by atoms with Gasteiger partial charge in [0.1, 0.15) is 11.3 Å². The van der Waals surface area contributed by atoms with Crippen LogP contribution < -0.4 is 15.8 Å². The molecule has 1 heterocycles. The lowest BCUT2D eigenvalue weighted by atomic mass is 9.97. The number of nitrogens with one attached hydrogen (secondary N) is 1. The summed E-state index contributed by atoms with van der Waals surface area (Å²) in [6.45, 7) is 4.21. The SMILES string of the molecule is CCOc1cc2occ(-c3ccc4ccccc4c3)c2cc1/C(C)=C/C(=O)Nc1ccccc1C(N)=O. The third-order valence-corrected chi connectivity index (χ3v) is 6.26. The van der Waals surface area contributed by atoms with Crippen LogP contribution in [0.4, 0.5) is 5.69 Å². The molecule has 0 atom stereocenters. The number of fused-ring (bicyclic) bond motifs is 2. The highest BCUT2D eigenvalue weighted by Gasteiger charge is 2.16. The van der Waals surface area contributed by atoms with E-state index in [-0.39, 0.29) is 11.5 Å². The Kier molecular flexibility index (Phi) is 6.47. The molecule has 5 rings (SSSR count). The van der Waals surface area contributed by atoms with Crippen molar-refractivity contribution in [3.8, 4) is 16.9 Å². The van der Waals surface area contributed by atoms with Gasteiger partial charge in [-0.25, -0.2) is 0 Å². The van der Waals surface area contributed by atoms with E-state index in [1.165, 1.54) is 11.5 Å². The zero-order chi connectivity index (χ0) is 25.9. The Morgan fingerprint density at radius 2 is 1.70 bits per heavy atom. The van der Waals surface area contributed by atoms with Crippen LogP contribution in [0.15, 0.2) is 95.6 Å². The molecule has 0 saturated heterocycles. The number of hydrogen-bond acceptors (Lipinski definition) is 4. The van der Waals surface area contributed by atoms with E-state index < -0.39 is 5.91 Å². The highest BCUT2D eigenvalue weighted by atomic mass is 16.5. The van der Waals surface area contributed by atoms with Crippen molar-refractivity contribution in [2.24, 2.45) is 5.73 Å². The van der Waals surface area contributed by atoms with Crippen LogP contribution in [-0.2, 0) is 4.79 Å². The van der Waals surface area contributed by atoms with E-state index in [0.29, 0.717) is 29.2 Å². The fourth-order valence-corrected chi connectivity index (χ4v) is 4.47. The van der Waals surface area contributed by atoms with E-state index in [9.17, 15) is 9.59 Å². The molecule has 4 aromatic carbocycles. The minimum atomic E-state index is -0.609. The van der Waals surface area contributed by atoms with Crippen LogP contribution >= 0.6 is 0 Å². The van der Waals surface area contributed by atoms with Gasteiger partial charge in [0.15, 0.2) is 0 Å². The number of ether oxygens (including phenoxy) is 1. The number of carbonyl (C=O) groups excluding carboxylic acids is 2. The number of primary amides is 1. The number of benzene rings is 4. The summed E-state index contributed by atoms with van der Waals surface area (Å²) in [5, 5.41) is 5.98. The summed E-state index contributed by atoms with van der Waals surface area (Å²) >= 11 is 0. The zero-order valence-electron chi connectivity index (χ0n) is 20.6. The molecule has 184 valence electrons. The normalized spacial score (nSPS) is 11.6. The first-order chi connectivity index (χ1) is 17.9. The molecule has 2 amide bonds. The fraction of sp³-hybridized carbons (Fsp3) is 0.0968. The van der Waals surface area contributed by atoms with Gasteiger partial charge in [0, 0.05) is 28.7 Å². The molecule has 0 aliphatic rings. The van der Waals surface area contributed by atoms with Gasteiger partial charge in [-0.3, -0.25) is 9.59 Å². The molecule has 0 saturated carbocycles. The number of carbonyl (C=O) groups is 2. The topological polar surface area (TPSA) is 94.6 Å². The van der Waals surface area contributed by atoms with Crippen LogP contribution in [0.25, 0.3) is 38.4 Å². The molecular formula is C31H26N2O4. The van der Waals surface area contributed by atoms with Crippen molar-refractivity contribution >= 4 is 44.8 Å². The van der Waals surface area contributed by atoms with Crippen molar-refractivity contribution in [2.45, 2.75) is 13.8 Å². The van der Waals surface area contributed by atoms with Crippen LogP contribution in [0.5, 0.6) is 5.75 Å². The first-order valence-electron chi connectivity index (χ1n) is 12.0. The van der Waals surface area contributed by atoms with Crippen molar-refractivity contribution in [3.05, 3.63) is 102 Å². The minimum Gasteiger partial charge on any atom is -0.493 e. The Morgan fingerprint density at radius 3 is 2.49 bits per heavy atom. The van der Waals surface area contributed by atoms with Gasteiger partial charge >= 0.3 is 0 Å². The summed E-state index contributed by atoms with van der Waals surface area (Å²) in [7, 11) is 0. The molecule has 1 aromatic heterocycles. The smallest absolute Gasteiger partial charge is 0.250 e. The quantitative estimate of drug-likeness (QED) is 0.246. The summed E-state index contributed by atoms with van der Waals surface area (Å²) in [4.78, 5) is 24.6. The molecule has 0 aliphatic carbocycles. The molecule has 5 aromatic rings. The average Bonchev–Trinajstić information content (AvgIpc) is 3.31. The summed E-state index contributed by atoms with van der Waals surface area (Å²) in [5.41, 5.74) is 10.2. The number of anilines is 1. The lowest BCUT2D eigenvalue weighted by molar-refractivity contribution is -0.111. The Labute approximate surface area is 214 Å². The predicted octanol–water partition coefficient (Wildman–Crippen LogP) is 6.79. The van der Waals surface area contributed by atoms with Crippen molar-refractivity contribution < 1.29 is 18.7 Å². The van der Waals surface area contributed by atoms with Gasteiger partial charge in [-0.1, -0.05) is 48.5 Å². The minimum absolute atomic E-state index is 0.247. The summed E-state index contributed by atoms with van der Waals surface area (Å²) in [6.07, 6.45) is 3.23. The standard InChI is InChI=1S/C31H26N2O4/c1-3-36-28-17-29-25(26(18-37-29)22-13-12-20-8-4-5-9-21(20)15-22)16-24(28)19(2)14-30(34)33-27-11-7-6-10-23(27)31(32)35/h4-18H,3H2,1-2H3,(H2,32,35)(H,33,34)/b19-14+. The largest absolute Gasteiger partial charge is 0.493 e. The van der Waals surface area contributed by atoms with E-state index in [1.54, 1.807) is 30.5 Å². The van der Waals surface area contributed by atoms with E-state index >= 15 is 0 Å². The van der Waals surface area contributed by atoms with E-state index in [2.05, 4.69) is 35.6 Å². The maximum Gasteiger partial charge on any atom is 0.250 e. The van der Waals surface area contributed by atoms with Gasteiger partial charge in [0.2, 0.25) is 5.91 Å². The lowest BCUT2D eigenvalue weighted by Crippen LogP contribution is -2.17. The van der Waals surface area contributed by atoms with Crippen LogP contribution in [0.2, 0.25) is 0 Å². The van der Waals surface area contributed by atoms with E-state index in [4.69, 9.17) is 14.9 Å². The summed E-state index contributed by atoms with van der Waals surface area (Å²) in [5.74, 6) is -0.369. The predicted molar refractivity (Wildman–Crippen MR) is 148 cm³/mol. The second kappa shape index (κ2) is 10.0. The Morgan fingerprint density at radius 1 is 0.946 bits per heavy atom. The maximum absolute atomic E-state index is 12.9. The molecule has 0 fully saturated rings. The first kappa shape index (κ1) is 23.9. The number of para-hydroxylation sites is 1. The highest BCUT2D eigenvalue weighted by Crippen LogP contribution is 2.38. The van der Waals surface area contributed by atoms with Crippen molar-refractivity contribution in [1.29, 1.82) is 0 Å². The number of hydrogen-bond donors (Lipinski definition) is 2. The van der Waals surface area contributed by atoms with Crippen molar-refractivity contribution in [1.82, 2.24) is 0 Å². The molecule has 0 aliphatic heterocycles. The van der Waals surface area contributed by atoms with E-state index in [0.717, 1.165) is 27.5 Å². The van der Waals surface area contributed by atoms with Crippen LogP contribution in [0.3, 0.4) is 0 Å². The Bertz CT molecular complexity index is 1680. The Hall–Kier alpha value is -4.84. The van der Waals surface area contributed by atoms with Crippen molar-refractivity contribution in [2.75, 3.05) is 11.9 Å². The van der Waals surface area contributed by atoms with Gasteiger partial charge < -0.3 is 20.2 Å². The summed E-state index contributed by atoms with van der Waals surface area (Å²) < 4.78 is 11.8. The fourth-order valence-electron chi connectivity index (χ4n) is 4.47. The number of furan rings is 1. The molecular weight excluding hydrogens is 464 g/mol. The second-order valence-corrected chi connectivity index (χ2v) is 8.72. The number of rotatable bonds is 7. The zero-order valence-corrected chi connectivity index (χ0v) is 20.6. The van der Waals surface area contributed by atoms with Gasteiger partial charge in [-0.15, -0.1) is 0 Å². The molecule has 0 radical (unpaired) electrons. The number of nitrogens with two attached hydrogens (primary N) is 1. The number of amides is 2. The van der Waals surface area contributed by atoms with Crippen LogP contribution in [0, 0.1) is 0 Å². The van der Waals surface area contributed by atoms with Gasteiger partial charge in [-0.05, 0) is 60.0 Å². The lowest BCUT2D eigenvalue weighted by Gasteiger charge is -2.12. The maximum atomic E-state index is 12.9. The first-order valence-corrected chi connectivity index (χ1v) is 12.0. The molecule has 0 unspecified atom stereocenters. The molecule has 3 N–H and O–H groups in total. The molecule has 0 bridgehead atoms. The molecule has 37 heavy (non-hydrogen) atoms. The highest BCUT2D eigenvalue weighted by molar-refractivity contribution is 6.09. The molecule has 6 heteroatoms. The van der Waals surface area contributed by atoms with Gasteiger partial charge in [0.05, 0.1) is 24.1 Å². The molecule has 0 spiro atoms. The number of allylic oxidation sites excluding steroid dienone is 1. The third kappa shape index (κ3) is 4.82. The summed E-state index contributed by atoms with van der Waals surface area (Å²) in [6, 6.07) is 25.0. The average molecular weight is 491 g/mol. The van der Waals surface area contributed by atoms with Gasteiger partial charge in [-0.2, -0.15) is 0 Å². The second-order valence-electron chi connectivity index (χ2n) is 8.72. The van der Waals surface area contributed by atoms with Crippen molar-refractivity contribution in [3.63, 3.8) is 0 Å².